The Balaban J connectivity index is 2.77. The molecule has 0 radical (unpaired) electrons. The first-order valence-corrected chi connectivity index (χ1v) is 4.61. The summed E-state index contributed by atoms with van der Waals surface area (Å²) in [6.45, 7) is 0. The van der Waals surface area contributed by atoms with Crippen LogP contribution in [0.2, 0.25) is 5.15 Å². The zero-order chi connectivity index (χ0) is 10.8. The van der Waals surface area contributed by atoms with E-state index in [0.717, 1.165) is 0 Å². The predicted octanol–water partition coefficient (Wildman–Crippen LogP) is 2.07. The zero-order valence-corrected chi connectivity index (χ0v) is 8.65. The summed E-state index contributed by atoms with van der Waals surface area (Å²) < 4.78 is 4.60. The van der Waals surface area contributed by atoms with Gasteiger partial charge in [0, 0.05) is 10.8 Å². The number of fused-ring (bicyclic) bond motifs is 1. The number of benzene rings is 1. The molecule has 2 aromatic rings. The van der Waals surface area contributed by atoms with Crippen molar-refractivity contribution in [2.75, 3.05) is 7.11 Å². The van der Waals surface area contributed by atoms with E-state index in [1.807, 2.05) is 6.07 Å². The first-order chi connectivity index (χ1) is 7.24. The van der Waals surface area contributed by atoms with E-state index in [0.29, 0.717) is 10.8 Å². The normalized spacial score (nSPS) is 10.3. The molecule has 0 saturated carbocycles. The molecule has 0 unspecified atom stereocenters. The highest BCUT2D eigenvalue weighted by Gasteiger charge is 2.14. The first-order valence-electron chi connectivity index (χ1n) is 4.23. The third kappa shape index (κ3) is 1.64. The number of aromatic nitrogens is 2. The van der Waals surface area contributed by atoms with Crippen molar-refractivity contribution < 1.29 is 9.53 Å². The lowest BCUT2D eigenvalue weighted by Gasteiger charge is -2.03. The maximum absolute atomic E-state index is 11.4. The fraction of sp³-hybridized carbons (Fsp3) is 0.100. The minimum atomic E-state index is -0.518. The molecule has 1 aromatic carbocycles. The Hall–Kier alpha value is -1.68. The molecular formula is C10H7ClN2O2. The highest BCUT2D eigenvalue weighted by molar-refractivity contribution is 6.34. The van der Waals surface area contributed by atoms with E-state index in [1.54, 1.807) is 18.2 Å². The lowest BCUT2D eigenvalue weighted by Crippen LogP contribution is -2.06. The Bertz CT molecular complexity index is 528. The SMILES string of the molecule is COC(=O)c1nnc(Cl)c2ccccc12. The second-order valence-corrected chi connectivity index (χ2v) is 3.23. The van der Waals surface area contributed by atoms with Gasteiger partial charge < -0.3 is 4.74 Å². The lowest BCUT2D eigenvalue weighted by atomic mass is 10.1. The van der Waals surface area contributed by atoms with E-state index >= 15 is 0 Å². The largest absolute Gasteiger partial charge is 0.464 e. The van der Waals surface area contributed by atoms with E-state index < -0.39 is 5.97 Å². The molecule has 1 heterocycles. The predicted molar refractivity (Wildman–Crippen MR) is 55.9 cm³/mol. The van der Waals surface area contributed by atoms with Gasteiger partial charge in [0.25, 0.3) is 0 Å². The van der Waals surface area contributed by atoms with Gasteiger partial charge in [0.2, 0.25) is 0 Å². The standard InChI is InChI=1S/C10H7ClN2O2/c1-15-10(14)8-6-4-2-3-5-7(6)9(11)13-12-8/h2-5H,1H3. The summed E-state index contributed by atoms with van der Waals surface area (Å²) in [4.78, 5) is 11.4. The molecular weight excluding hydrogens is 216 g/mol. The number of hydrogen-bond acceptors (Lipinski definition) is 4. The molecule has 0 saturated heterocycles. The Morgan fingerprint density at radius 3 is 2.60 bits per heavy atom. The summed E-state index contributed by atoms with van der Waals surface area (Å²) in [6.07, 6.45) is 0. The number of esters is 1. The number of hydrogen-bond donors (Lipinski definition) is 0. The van der Waals surface area contributed by atoms with E-state index in [9.17, 15) is 4.79 Å². The minimum Gasteiger partial charge on any atom is -0.464 e. The van der Waals surface area contributed by atoms with Crippen LogP contribution in [0.5, 0.6) is 0 Å². The molecule has 0 N–H and O–H groups in total. The Morgan fingerprint density at radius 1 is 1.27 bits per heavy atom. The van der Waals surface area contributed by atoms with Gasteiger partial charge in [-0.3, -0.25) is 0 Å². The van der Waals surface area contributed by atoms with Gasteiger partial charge in [0.1, 0.15) is 0 Å². The first kappa shape index (κ1) is 9.86. The van der Waals surface area contributed by atoms with Crippen LogP contribution in [-0.4, -0.2) is 23.3 Å². The van der Waals surface area contributed by atoms with Crippen LogP contribution in [0.3, 0.4) is 0 Å². The number of nitrogens with zero attached hydrogens (tertiary/aromatic N) is 2. The number of ether oxygens (including phenoxy) is 1. The summed E-state index contributed by atoms with van der Waals surface area (Å²) >= 11 is 5.85. The van der Waals surface area contributed by atoms with Crippen LogP contribution in [-0.2, 0) is 4.74 Å². The second kappa shape index (κ2) is 3.82. The zero-order valence-electron chi connectivity index (χ0n) is 7.90. The molecule has 2 rings (SSSR count). The van der Waals surface area contributed by atoms with Crippen LogP contribution in [0.25, 0.3) is 10.8 Å². The number of rotatable bonds is 1. The molecule has 5 heteroatoms. The van der Waals surface area contributed by atoms with Crippen LogP contribution in [0.1, 0.15) is 10.5 Å². The van der Waals surface area contributed by atoms with Gasteiger partial charge in [-0.25, -0.2) is 4.79 Å². The average molecular weight is 223 g/mol. The second-order valence-electron chi connectivity index (χ2n) is 2.88. The molecule has 0 aliphatic carbocycles. The van der Waals surface area contributed by atoms with Crippen molar-refractivity contribution in [3.8, 4) is 0 Å². The van der Waals surface area contributed by atoms with Crippen LogP contribution in [0, 0.1) is 0 Å². The number of carbonyl (C=O) groups excluding carboxylic acids is 1. The molecule has 1 aromatic heterocycles. The molecule has 76 valence electrons. The van der Waals surface area contributed by atoms with E-state index in [-0.39, 0.29) is 10.8 Å². The van der Waals surface area contributed by atoms with Crippen LogP contribution < -0.4 is 0 Å². The van der Waals surface area contributed by atoms with Gasteiger partial charge in [-0.2, -0.15) is 0 Å². The maximum Gasteiger partial charge on any atom is 0.359 e. The summed E-state index contributed by atoms with van der Waals surface area (Å²) in [7, 11) is 1.30. The van der Waals surface area contributed by atoms with Crippen LogP contribution in [0.4, 0.5) is 0 Å². The van der Waals surface area contributed by atoms with E-state index in [1.165, 1.54) is 7.11 Å². The Kier molecular flexibility index (Phi) is 2.51. The monoisotopic (exact) mass is 222 g/mol. The third-order valence-corrected chi connectivity index (χ3v) is 2.30. The molecule has 0 amide bonds. The number of carbonyl (C=O) groups is 1. The molecule has 0 aliphatic rings. The highest BCUT2D eigenvalue weighted by atomic mass is 35.5. The number of halogens is 1. The fourth-order valence-electron chi connectivity index (χ4n) is 1.32. The van der Waals surface area contributed by atoms with Crippen LogP contribution >= 0.6 is 11.6 Å². The molecule has 0 spiro atoms. The molecule has 0 bridgehead atoms. The van der Waals surface area contributed by atoms with Crippen molar-refractivity contribution >= 4 is 28.3 Å². The van der Waals surface area contributed by atoms with E-state index in [4.69, 9.17) is 11.6 Å². The average Bonchev–Trinajstić information content (AvgIpc) is 2.29. The van der Waals surface area contributed by atoms with Gasteiger partial charge in [-0.1, -0.05) is 35.9 Å². The van der Waals surface area contributed by atoms with Crippen molar-refractivity contribution in [1.29, 1.82) is 0 Å². The van der Waals surface area contributed by atoms with Crippen LogP contribution in [0.15, 0.2) is 24.3 Å². The summed E-state index contributed by atoms with van der Waals surface area (Å²) in [6, 6.07) is 7.14. The molecule has 4 nitrogen and oxygen atoms in total. The van der Waals surface area contributed by atoms with Crippen molar-refractivity contribution in [3.05, 3.63) is 35.1 Å². The number of methoxy groups -OCH3 is 1. The summed E-state index contributed by atoms with van der Waals surface area (Å²) in [5.41, 5.74) is 0.178. The Labute approximate surface area is 90.8 Å². The van der Waals surface area contributed by atoms with Gasteiger partial charge in [0.05, 0.1) is 7.11 Å². The van der Waals surface area contributed by atoms with Gasteiger partial charge in [0.15, 0.2) is 10.8 Å². The molecule has 15 heavy (non-hydrogen) atoms. The lowest BCUT2D eigenvalue weighted by molar-refractivity contribution is 0.0595. The van der Waals surface area contributed by atoms with Gasteiger partial charge in [-0.05, 0) is 0 Å². The fourth-order valence-corrected chi connectivity index (χ4v) is 1.52. The van der Waals surface area contributed by atoms with Crippen molar-refractivity contribution in [3.63, 3.8) is 0 Å². The molecule has 0 fully saturated rings. The van der Waals surface area contributed by atoms with Gasteiger partial charge >= 0.3 is 5.97 Å². The van der Waals surface area contributed by atoms with Crippen molar-refractivity contribution in [1.82, 2.24) is 10.2 Å². The maximum atomic E-state index is 11.4. The topological polar surface area (TPSA) is 52.1 Å². The van der Waals surface area contributed by atoms with Gasteiger partial charge in [-0.15, -0.1) is 10.2 Å². The Morgan fingerprint density at radius 2 is 1.93 bits per heavy atom. The van der Waals surface area contributed by atoms with Crippen molar-refractivity contribution in [2.24, 2.45) is 0 Å². The quantitative estimate of drug-likeness (QED) is 0.693. The smallest absolute Gasteiger partial charge is 0.359 e. The summed E-state index contributed by atoms with van der Waals surface area (Å²) in [5, 5.41) is 9.02. The van der Waals surface area contributed by atoms with E-state index in [2.05, 4.69) is 14.9 Å². The molecule has 0 aliphatic heterocycles. The summed E-state index contributed by atoms with van der Waals surface area (Å²) in [5.74, 6) is -0.518. The third-order valence-electron chi connectivity index (χ3n) is 2.02. The molecule has 0 atom stereocenters. The highest BCUT2D eigenvalue weighted by Crippen LogP contribution is 2.22. The minimum absolute atomic E-state index is 0.178. The van der Waals surface area contributed by atoms with Crippen molar-refractivity contribution in [2.45, 2.75) is 0 Å².